The average Bonchev–Trinajstić information content (AvgIpc) is 2.28. The Morgan fingerprint density at radius 1 is 1.62 bits per heavy atom. The van der Waals surface area contributed by atoms with Gasteiger partial charge in [-0.25, -0.2) is 0 Å². The highest BCUT2D eigenvalue weighted by molar-refractivity contribution is 5.22. The van der Waals surface area contributed by atoms with Gasteiger partial charge < -0.3 is 5.11 Å². The molecule has 3 aliphatic rings. The molecule has 0 aliphatic heterocycles. The average molecular weight is 220 g/mol. The second-order valence-corrected chi connectivity index (χ2v) is 5.92. The van der Waals surface area contributed by atoms with Crippen LogP contribution in [0.4, 0.5) is 0 Å². The normalized spacial score (nSPS) is 38.0. The van der Waals surface area contributed by atoms with Crippen LogP contribution < -0.4 is 0 Å². The van der Waals surface area contributed by atoms with Gasteiger partial charge in [-0.2, -0.15) is 0 Å². The van der Waals surface area contributed by atoms with E-state index < -0.39 is 0 Å². The van der Waals surface area contributed by atoms with E-state index in [1.165, 1.54) is 19.3 Å². The van der Waals surface area contributed by atoms with Gasteiger partial charge in [0.05, 0.1) is 6.61 Å². The lowest BCUT2D eigenvalue weighted by atomic mass is 9.47. The molecule has 0 amide bonds. The Bertz CT molecular complexity index is 326. The molecule has 1 heteroatoms. The van der Waals surface area contributed by atoms with Gasteiger partial charge in [0.25, 0.3) is 0 Å². The van der Waals surface area contributed by atoms with Crippen LogP contribution in [0.2, 0.25) is 0 Å². The largest absolute Gasteiger partial charge is 0.392 e. The highest BCUT2D eigenvalue weighted by Gasteiger charge is 2.52. The summed E-state index contributed by atoms with van der Waals surface area (Å²) >= 11 is 0. The maximum atomic E-state index is 8.96. The second-order valence-electron chi connectivity index (χ2n) is 5.92. The van der Waals surface area contributed by atoms with Crippen LogP contribution in [0.25, 0.3) is 0 Å². The van der Waals surface area contributed by atoms with Crippen LogP contribution in [-0.2, 0) is 0 Å². The summed E-state index contributed by atoms with van der Waals surface area (Å²) in [5, 5.41) is 8.96. The third-order valence-electron chi connectivity index (χ3n) is 4.95. The molecule has 1 nitrogen and oxygen atoms in total. The van der Waals surface area contributed by atoms with Crippen LogP contribution in [0.15, 0.2) is 23.3 Å². The monoisotopic (exact) mass is 220 g/mol. The van der Waals surface area contributed by atoms with E-state index in [-0.39, 0.29) is 6.61 Å². The molecule has 0 spiro atoms. The molecule has 0 aromatic rings. The molecule has 3 aliphatic carbocycles. The summed E-state index contributed by atoms with van der Waals surface area (Å²) < 4.78 is 0. The third-order valence-corrected chi connectivity index (χ3v) is 4.95. The lowest BCUT2D eigenvalue weighted by Crippen LogP contribution is -2.49. The van der Waals surface area contributed by atoms with Crippen LogP contribution in [0.5, 0.6) is 0 Å². The van der Waals surface area contributed by atoms with Crippen molar-refractivity contribution in [2.45, 2.75) is 46.5 Å². The maximum Gasteiger partial charge on any atom is 0.0639 e. The molecule has 0 heterocycles. The minimum atomic E-state index is 0.211. The highest BCUT2D eigenvalue weighted by Crippen LogP contribution is 2.61. The Balaban J connectivity index is 1.94. The predicted octanol–water partition coefficient (Wildman–Crippen LogP) is 3.70. The lowest BCUT2D eigenvalue weighted by Gasteiger charge is -2.58. The molecular weight excluding hydrogens is 196 g/mol. The van der Waals surface area contributed by atoms with Crippen LogP contribution in [0, 0.1) is 17.3 Å². The smallest absolute Gasteiger partial charge is 0.0639 e. The van der Waals surface area contributed by atoms with Crippen molar-refractivity contribution >= 4 is 0 Å². The number of aliphatic hydroxyl groups excluding tert-OH is 1. The zero-order chi connectivity index (χ0) is 11.8. The van der Waals surface area contributed by atoms with Crippen molar-refractivity contribution in [1.82, 2.24) is 0 Å². The quantitative estimate of drug-likeness (QED) is 0.716. The number of hydrogen-bond donors (Lipinski definition) is 1. The van der Waals surface area contributed by atoms with Gasteiger partial charge in [-0.1, -0.05) is 30.2 Å². The molecule has 1 fully saturated rings. The van der Waals surface area contributed by atoms with Gasteiger partial charge in [0, 0.05) is 0 Å². The fourth-order valence-corrected chi connectivity index (χ4v) is 3.56. The molecule has 1 saturated carbocycles. The molecule has 0 saturated heterocycles. The summed E-state index contributed by atoms with van der Waals surface area (Å²) in [6, 6.07) is 0. The van der Waals surface area contributed by atoms with Crippen molar-refractivity contribution in [2.75, 3.05) is 6.61 Å². The Hall–Kier alpha value is -0.560. The van der Waals surface area contributed by atoms with Gasteiger partial charge in [0.1, 0.15) is 0 Å². The van der Waals surface area contributed by atoms with Gasteiger partial charge in [0.15, 0.2) is 0 Å². The summed E-state index contributed by atoms with van der Waals surface area (Å²) in [4.78, 5) is 0. The maximum absolute atomic E-state index is 8.96. The van der Waals surface area contributed by atoms with Crippen LogP contribution in [-0.4, -0.2) is 11.7 Å². The Kier molecular flexibility index (Phi) is 3.25. The van der Waals surface area contributed by atoms with Gasteiger partial charge in [-0.3, -0.25) is 0 Å². The van der Waals surface area contributed by atoms with Crippen molar-refractivity contribution in [1.29, 1.82) is 0 Å². The summed E-state index contributed by atoms with van der Waals surface area (Å²) in [5.41, 5.74) is 3.28. The summed E-state index contributed by atoms with van der Waals surface area (Å²) in [6.45, 7) is 6.98. The van der Waals surface area contributed by atoms with Crippen molar-refractivity contribution < 1.29 is 5.11 Å². The Morgan fingerprint density at radius 2 is 2.38 bits per heavy atom. The lowest BCUT2D eigenvalue weighted by molar-refractivity contribution is -0.0312. The van der Waals surface area contributed by atoms with E-state index in [1.54, 1.807) is 5.57 Å². The first-order chi connectivity index (χ1) is 7.58. The molecule has 2 bridgehead atoms. The zero-order valence-corrected chi connectivity index (χ0v) is 10.8. The van der Waals surface area contributed by atoms with Gasteiger partial charge in [0.2, 0.25) is 0 Å². The van der Waals surface area contributed by atoms with Crippen LogP contribution in [0.1, 0.15) is 46.5 Å². The fraction of sp³-hybridized carbons (Fsp3) is 0.733. The minimum absolute atomic E-state index is 0.211. The van der Waals surface area contributed by atoms with Crippen molar-refractivity contribution in [3.63, 3.8) is 0 Å². The van der Waals surface area contributed by atoms with E-state index in [0.717, 1.165) is 23.8 Å². The van der Waals surface area contributed by atoms with Crippen LogP contribution >= 0.6 is 0 Å². The molecule has 0 aromatic heterocycles. The number of hydrogen-bond acceptors (Lipinski definition) is 1. The van der Waals surface area contributed by atoms with E-state index in [1.807, 2.05) is 6.92 Å². The first-order valence-corrected chi connectivity index (χ1v) is 6.51. The topological polar surface area (TPSA) is 20.2 Å². The summed E-state index contributed by atoms with van der Waals surface area (Å²) in [7, 11) is 0. The predicted molar refractivity (Wildman–Crippen MR) is 68.2 cm³/mol. The number of aliphatic hydroxyl groups is 1. The fourth-order valence-electron chi connectivity index (χ4n) is 3.56. The van der Waals surface area contributed by atoms with Crippen molar-refractivity contribution in [3.8, 4) is 0 Å². The van der Waals surface area contributed by atoms with E-state index >= 15 is 0 Å². The summed E-state index contributed by atoms with van der Waals surface area (Å²) in [5.74, 6) is 1.76. The number of fused-ring (bicyclic) bond motifs is 1. The zero-order valence-electron chi connectivity index (χ0n) is 10.8. The van der Waals surface area contributed by atoms with Crippen molar-refractivity contribution in [3.05, 3.63) is 23.3 Å². The third kappa shape index (κ3) is 1.86. The van der Waals surface area contributed by atoms with Crippen LogP contribution in [0.3, 0.4) is 0 Å². The van der Waals surface area contributed by atoms with Gasteiger partial charge >= 0.3 is 0 Å². The molecule has 16 heavy (non-hydrogen) atoms. The first kappa shape index (κ1) is 11.9. The standard InChI is InChI=1S/C15H24O/c1-11(10-16)5-4-8-15(3)13-7-6-12(2)14(15)9-13/h5-6,13-14,16H,4,7-10H2,1-3H3/b11-5-/t13?,14?,15-/m1/s1. The molecule has 0 radical (unpaired) electrons. The summed E-state index contributed by atoms with van der Waals surface area (Å²) in [6.07, 6.45) is 9.77. The van der Waals surface area contributed by atoms with E-state index in [2.05, 4.69) is 26.0 Å². The molecule has 3 rings (SSSR count). The van der Waals surface area contributed by atoms with E-state index in [0.29, 0.717) is 5.41 Å². The van der Waals surface area contributed by atoms with Crippen molar-refractivity contribution in [2.24, 2.45) is 17.3 Å². The molecule has 90 valence electrons. The molecular formula is C15H24O. The second kappa shape index (κ2) is 4.37. The van der Waals surface area contributed by atoms with E-state index in [9.17, 15) is 0 Å². The molecule has 2 unspecified atom stereocenters. The van der Waals surface area contributed by atoms with Gasteiger partial charge in [-0.05, 0) is 56.8 Å². The van der Waals surface area contributed by atoms with Gasteiger partial charge in [-0.15, -0.1) is 0 Å². The Morgan fingerprint density at radius 3 is 2.94 bits per heavy atom. The first-order valence-electron chi connectivity index (χ1n) is 6.51. The number of rotatable bonds is 4. The Labute approximate surface area is 99.3 Å². The molecule has 0 aromatic carbocycles. The SMILES string of the molecule is CC1=CCC2CC1[C@]2(C)CC/C=C(/C)CO. The minimum Gasteiger partial charge on any atom is -0.392 e. The highest BCUT2D eigenvalue weighted by atomic mass is 16.3. The molecule has 1 N–H and O–H groups in total. The molecule has 3 atom stereocenters. The van der Waals surface area contributed by atoms with E-state index in [4.69, 9.17) is 5.11 Å². The number of allylic oxidation sites excluding steroid dienone is 3.